The summed E-state index contributed by atoms with van der Waals surface area (Å²) in [6, 6.07) is 12.5. The van der Waals surface area contributed by atoms with Crippen molar-refractivity contribution in [2.45, 2.75) is 17.5 Å². The molecule has 3 rings (SSSR count). The van der Waals surface area contributed by atoms with Crippen LogP contribution in [0.5, 0.6) is 0 Å². The van der Waals surface area contributed by atoms with Gasteiger partial charge in [0.15, 0.2) is 0 Å². The van der Waals surface area contributed by atoms with E-state index < -0.39 is 38.2 Å². The van der Waals surface area contributed by atoms with Gasteiger partial charge in [-0.25, -0.2) is 5.43 Å². The van der Waals surface area contributed by atoms with E-state index in [0.717, 1.165) is 6.21 Å². The summed E-state index contributed by atoms with van der Waals surface area (Å²) in [5.74, 6) is -0.509. The van der Waals surface area contributed by atoms with Gasteiger partial charge in [-0.2, -0.15) is 26.7 Å². The molecule has 0 saturated heterocycles. The van der Waals surface area contributed by atoms with Crippen molar-refractivity contribution in [3.8, 4) is 11.1 Å². The second kappa shape index (κ2) is 10.1. The quantitative estimate of drug-likeness (QED) is 0.245. The van der Waals surface area contributed by atoms with Crippen LogP contribution >= 0.6 is 23.2 Å². The third-order valence-electron chi connectivity index (χ3n) is 4.56. The molecule has 0 spiro atoms. The molecule has 6 nitrogen and oxygen atoms in total. The van der Waals surface area contributed by atoms with Crippen LogP contribution in [0.1, 0.15) is 16.7 Å². The van der Waals surface area contributed by atoms with Crippen molar-refractivity contribution < 1.29 is 30.9 Å². The smallest absolute Gasteiger partial charge is 0.282 e. The standard InChI is InChI=1S/C22H15Cl2F3N2O4S/c23-15-4-1-3-13(9-15)10-21(30)29-28-12-18-16(5-2-6-19(18)24)17-11-14(22(25,26)27)7-8-20(17)34(31,32)33/h1-9,11-12H,10H2,(H,29,30)(H,31,32,33)/b28-12+. The number of benzene rings is 3. The summed E-state index contributed by atoms with van der Waals surface area (Å²) in [5.41, 5.74) is 1.29. The first kappa shape index (κ1) is 25.7. The fraction of sp³-hybridized carbons (Fsp3) is 0.0909. The Bertz CT molecular complexity index is 1380. The fourth-order valence-corrected chi connectivity index (χ4v) is 4.21. The number of hydrogen-bond donors (Lipinski definition) is 2. The topological polar surface area (TPSA) is 95.8 Å². The van der Waals surface area contributed by atoms with Crippen molar-refractivity contribution in [2.75, 3.05) is 0 Å². The van der Waals surface area contributed by atoms with Gasteiger partial charge in [0, 0.05) is 16.1 Å². The van der Waals surface area contributed by atoms with E-state index in [9.17, 15) is 30.9 Å². The van der Waals surface area contributed by atoms with Crippen molar-refractivity contribution >= 4 is 45.4 Å². The average Bonchev–Trinajstić information content (AvgIpc) is 2.73. The van der Waals surface area contributed by atoms with Gasteiger partial charge < -0.3 is 0 Å². The Kier molecular flexibility index (Phi) is 7.67. The minimum Gasteiger partial charge on any atom is -0.282 e. The van der Waals surface area contributed by atoms with Crippen LogP contribution in [0.2, 0.25) is 10.0 Å². The molecule has 0 aliphatic carbocycles. The number of halogens is 5. The molecule has 2 N–H and O–H groups in total. The minimum absolute atomic E-state index is 0.0176. The summed E-state index contributed by atoms with van der Waals surface area (Å²) in [7, 11) is -4.88. The maximum Gasteiger partial charge on any atom is 0.416 e. The predicted molar refractivity (Wildman–Crippen MR) is 123 cm³/mol. The first-order valence-electron chi connectivity index (χ1n) is 9.40. The molecule has 0 aliphatic heterocycles. The van der Waals surface area contributed by atoms with E-state index in [1.165, 1.54) is 18.2 Å². The van der Waals surface area contributed by atoms with E-state index in [1.807, 2.05) is 0 Å². The van der Waals surface area contributed by atoms with Crippen molar-refractivity contribution in [2.24, 2.45) is 5.10 Å². The van der Waals surface area contributed by atoms with Gasteiger partial charge in [0.2, 0.25) is 5.91 Å². The van der Waals surface area contributed by atoms with Crippen LogP contribution in [0, 0.1) is 0 Å². The van der Waals surface area contributed by atoms with Gasteiger partial charge in [0.25, 0.3) is 10.1 Å². The van der Waals surface area contributed by atoms with Crippen LogP contribution in [0.3, 0.4) is 0 Å². The Balaban J connectivity index is 1.98. The normalized spacial score (nSPS) is 12.2. The maximum absolute atomic E-state index is 13.3. The molecule has 0 saturated carbocycles. The van der Waals surface area contributed by atoms with Crippen LogP contribution in [0.4, 0.5) is 13.2 Å². The molecule has 0 aromatic heterocycles. The summed E-state index contributed by atoms with van der Waals surface area (Å²) in [6.45, 7) is 0. The van der Waals surface area contributed by atoms with Gasteiger partial charge in [-0.05, 0) is 47.5 Å². The number of carbonyl (C=O) groups is 1. The lowest BCUT2D eigenvalue weighted by Crippen LogP contribution is -2.19. The molecule has 0 atom stereocenters. The molecule has 3 aromatic carbocycles. The van der Waals surface area contributed by atoms with Gasteiger partial charge in [-0.1, -0.05) is 47.5 Å². The highest BCUT2D eigenvalue weighted by atomic mass is 35.5. The summed E-state index contributed by atoms with van der Waals surface area (Å²) < 4.78 is 73.0. The molecular weight excluding hydrogens is 516 g/mol. The molecular formula is C22H15Cl2F3N2O4S. The number of rotatable bonds is 6. The second-order valence-corrected chi connectivity index (χ2v) is 9.22. The van der Waals surface area contributed by atoms with Gasteiger partial charge in [0.1, 0.15) is 4.90 Å². The lowest BCUT2D eigenvalue weighted by molar-refractivity contribution is -0.137. The highest BCUT2D eigenvalue weighted by Crippen LogP contribution is 2.37. The number of carbonyl (C=O) groups excluding carboxylic acids is 1. The van der Waals surface area contributed by atoms with Crippen LogP contribution in [0.15, 0.2) is 70.7 Å². The van der Waals surface area contributed by atoms with Gasteiger partial charge in [-0.3, -0.25) is 9.35 Å². The molecule has 3 aromatic rings. The van der Waals surface area contributed by atoms with E-state index >= 15 is 0 Å². The van der Waals surface area contributed by atoms with E-state index in [0.29, 0.717) is 28.8 Å². The third kappa shape index (κ3) is 6.35. The first-order chi connectivity index (χ1) is 15.9. The molecule has 0 unspecified atom stereocenters. The Morgan fingerprint density at radius 2 is 1.74 bits per heavy atom. The molecule has 0 heterocycles. The Morgan fingerprint density at radius 3 is 2.38 bits per heavy atom. The van der Waals surface area contributed by atoms with Crippen LogP contribution in [-0.2, 0) is 27.5 Å². The van der Waals surface area contributed by atoms with E-state index in [-0.39, 0.29) is 22.6 Å². The summed E-state index contributed by atoms with van der Waals surface area (Å²) in [5, 5.41) is 4.26. The zero-order valence-electron chi connectivity index (χ0n) is 17.0. The fourth-order valence-electron chi connectivity index (χ4n) is 3.09. The van der Waals surface area contributed by atoms with Crippen molar-refractivity contribution in [3.05, 3.63) is 87.4 Å². The zero-order chi connectivity index (χ0) is 25.1. The number of hydrazone groups is 1. The van der Waals surface area contributed by atoms with Gasteiger partial charge >= 0.3 is 6.18 Å². The minimum atomic E-state index is -4.88. The highest BCUT2D eigenvalue weighted by Gasteiger charge is 2.32. The highest BCUT2D eigenvalue weighted by molar-refractivity contribution is 7.86. The monoisotopic (exact) mass is 530 g/mol. The first-order valence-corrected chi connectivity index (χ1v) is 11.6. The summed E-state index contributed by atoms with van der Waals surface area (Å²) in [4.78, 5) is 11.4. The SMILES string of the molecule is O=C(Cc1cccc(Cl)c1)N/N=C/c1c(Cl)cccc1-c1cc(C(F)(F)F)ccc1S(=O)(=O)O. The number of nitrogens with one attached hydrogen (secondary N) is 1. The van der Waals surface area contributed by atoms with E-state index in [1.54, 1.807) is 24.3 Å². The molecule has 1 amide bonds. The second-order valence-electron chi connectivity index (χ2n) is 6.98. The molecule has 34 heavy (non-hydrogen) atoms. The van der Waals surface area contributed by atoms with Crippen LogP contribution in [0.25, 0.3) is 11.1 Å². The largest absolute Gasteiger partial charge is 0.416 e. The Hall–Kier alpha value is -2.92. The van der Waals surface area contributed by atoms with Crippen molar-refractivity contribution in [3.63, 3.8) is 0 Å². The third-order valence-corrected chi connectivity index (χ3v) is 6.04. The molecule has 178 valence electrons. The van der Waals surface area contributed by atoms with Crippen LogP contribution < -0.4 is 5.43 Å². The lowest BCUT2D eigenvalue weighted by atomic mass is 9.98. The molecule has 0 aliphatic rings. The average molecular weight is 531 g/mol. The maximum atomic E-state index is 13.3. The van der Waals surface area contributed by atoms with Gasteiger partial charge in [-0.15, -0.1) is 0 Å². The van der Waals surface area contributed by atoms with Crippen LogP contribution in [-0.4, -0.2) is 25.1 Å². The van der Waals surface area contributed by atoms with Gasteiger partial charge in [0.05, 0.1) is 23.2 Å². The number of hydrogen-bond acceptors (Lipinski definition) is 4. The number of nitrogens with zero attached hydrogens (tertiary/aromatic N) is 1. The molecule has 12 heteroatoms. The van der Waals surface area contributed by atoms with E-state index in [4.69, 9.17) is 23.2 Å². The lowest BCUT2D eigenvalue weighted by Gasteiger charge is -2.14. The Labute approximate surface area is 202 Å². The van der Waals surface area contributed by atoms with Crippen molar-refractivity contribution in [1.82, 2.24) is 5.43 Å². The van der Waals surface area contributed by atoms with E-state index in [2.05, 4.69) is 10.5 Å². The molecule has 0 radical (unpaired) electrons. The summed E-state index contributed by atoms with van der Waals surface area (Å²) >= 11 is 12.1. The predicted octanol–water partition coefficient (Wildman–Crippen LogP) is 5.62. The molecule has 0 bridgehead atoms. The summed E-state index contributed by atoms with van der Waals surface area (Å²) in [6.07, 6.45) is -3.75. The number of alkyl halides is 3. The van der Waals surface area contributed by atoms with Crippen molar-refractivity contribution in [1.29, 1.82) is 0 Å². The number of amides is 1. The molecule has 0 fully saturated rings. The zero-order valence-corrected chi connectivity index (χ0v) is 19.3. The Morgan fingerprint density at radius 1 is 1.03 bits per heavy atom.